The number of nitro groups is 1. The van der Waals surface area contributed by atoms with Gasteiger partial charge < -0.3 is 15.7 Å². The third-order valence-corrected chi connectivity index (χ3v) is 2.54. The molecule has 0 heterocycles. The second kappa shape index (κ2) is 6.39. The molecule has 0 spiro atoms. The number of nitro benzene ring substituents is 1. The van der Waals surface area contributed by atoms with Crippen LogP contribution in [0.1, 0.15) is 10.4 Å². The third-order valence-electron chi connectivity index (χ3n) is 2.54. The van der Waals surface area contributed by atoms with E-state index in [1.165, 1.54) is 0 Å². The average molecular weight is 307 g/mol. The van der Waals surface area contributed by atoms with Crippen LogP contribution in [0.15, 0.2) is 18.2 Å². The highest BCUT2D eigenvalue weighted by atomic mass is 19.4. The number of hydrogen-bond donors (Lipinski definition) is 2. The highest BCUT2D eigenvalue weighted by Gasteiger charge is 2.33. The van der Waals surface area contributed by atoms with Gasteiger partial charge in [-0.25, -0.2) is 0 Å². The van der Waals surface area contributed by atoms with E-state index in [9.17, 15) is 28.1 Å². The number of carbonyl (C=O) groups is 1. The zero-order valence-corrected chi connectivity index (χ0v) is 10.6. The van der Waals surface area contributed by atoms with E-state index in [0.29, 0.717) is 4.90 Å². The summed E-state index contributed by atoms with van der Waals surface area (Å²) in [6.45, 7) is -2.54. The first kappa shape index (κ1) is 16.7. The molecule has 1 rings (SSSR count). The Morgan fingerprint density at radius 1 is 1.43 bits per heavy atom. The Morgan fingerprint density at radius 2 is 2.05 bits per heavy atom. The van der Waals surface area contributed by atoms with Gasteiger partial charge in [0.25, 0.3) is 5.69 Å². The number of anilines is 1. The van der Waals surface area contributed by atoms with E-state index in [2.05, 4.69) is 0 Å². The Bertz CT molecular complexity index is 548. The minimum absolute atomic E-state index is 0.193. The molecule has 1 aromatic rings. The second-order valence-electron chi connectivity index (χ2n) is 4.09. The molecule has 0 atom stereocenters. The van der Waals surface area contributed by atoms with Crippen molar-refractivity contribution >= 4 is 17.3 Å². The fourth-order valence-electron chi connectivity index (χ4n) is 1.71. The van der Waals surface area contributed by atoms with Crippen molar-refractivity contribution in [3.05, 3.63) is 33.9 Å². The van der Waals surface area contributed by atoms with Gasteiger partial charge in [-0.1, -0.05) is 0 Å². The lowest BCUT2D eigenvalue weighted by atomic mass is 10.1. The number of primary amides is 1. The maximum Gasteiger partial charge on any atom is 0.405 e. The predicted molar refractivity (Wildman–Crippen MR) is 67.0 cm³/mol. The van der Waals surface area contributed by atoms with Crippen LogP contribution in [-0.2, 0) is 0 Å². The normalized spacial score (nSPS) is 11.2. The van der Waals surface area contributed by atoms with Crippen LogP contribution in [0.5, 0.6) is 0 Å². The first-order valence-corrected chi connectivity index (χ1v) is 5.66. The Kier molecular flexibility index (Phi) is 5.08. The molecule has 1 aromatic carbocycles. The molecule has 0 aliphatic heterocycles. The molecule has 0 aliphatic rings. The SMILES string of the molecule is NC(=O)c1ccc(N(CCO)CC(F)(F)F)c([N+](=O)[O-])c1. The summed E-state index contributed by atoms with van der Waals surface area (Å²) >= 11 is 0. The van der Waals surface area contributed by atoms with Gasteiger partial charge in [-0.2, -0.15) is 13.2 Å². The quantitative estimate of drug-likeness (QED) is 0.603. The number of carbonyl (C=O) groups excluding carboxylic acids is 1. The van der Waals surface area contributed by atoms with Crippen LogP contribution in [0.2, 0.25) is 0 Å². The van der Waals surface area contributed by atoms with Crippen LogP contribution in [0.25, 0.3) is 0 Å². The van der Waals surface area contributed by atoms with Gasteiger partial charge in [0.2, 0.25) is 5.91 Å². The summed E-state index contributed by atoms with van der Waals surface area (Å²) < 4.78 is 37.5. The molecule has 0 unspecified atom stereocenters. The van der Waals surface area contributed by atoms with Gasteiger partial charge in [0, 0.05) is 18.2 Å². The van der Waals surface area contributed by atoms with Gasteiger partial charge in [0.1, 0.15) is 12.2 Å². The molecule has 0 saturated heterocycles. The minimum Gasteiger partial charge on any atom is -0.395 e. The summed E-state index contributed by atoms with van der Waals surface area (Å²) in [5.41, 5.74) is 3.74. The summed E-state index contributed by atoms with van der Waals surface area (Å²) in [4.78, 5) is 21.6. The fraction of sp³-hybridized carbons (Fsp3) is 0.364. The minimum atomic E-state index is -4.61. The Hall–Kier alpha value is -2.36. The van der Waals surface area contributed by atoms with Crippen LogP contribution in [-0.4, -0.2) is 41.8 Å². The van der Waals surface area contributed by atoms with E-state index in [1.807, 2.05) is 0 Å². The lowest BCUT2D eigenvalue weighted by molar-refractivity contribution is -0.384. The molecule has 0 aromatic heterocycles. The molecule has 0 bridgehead atoms. The Labute approximate surface area is 116 Å². The zero-order valence-electron chi connectivity index (χ0n) is 10.6. The van der Waals surface area contributed by atoms with Crippen LogP contribution in [0.3, 0.4) is 0 Å². The number of amides is 1. The number of alkyl halides is 3. The molecule has 7 nitrogen and oxygen atoms in total. The zero-order chi connectivity index (χ0) is 16.2. The van der Waals surface area contributed by atoms with E-state index in [4.69, 9.17) is 10.8 Å². The van der Waals surface area contributed by atoms with E-state index in [-0.39, 0.29) is 11.3 Å². The van der Waals surface area contributed by atoms with Gasteiger partial charge in [-0.3, -0.25) is 14.9 Å². The molecule has 21 heavy (non-hydrogen) atoms. The van der Waals surface area contributed by atoms with E-state index in [0.717, 1.165) is 18.2 Å². The number of aliphatic hydroxyl groups is 1. The number of nitrogens with zero attached hydrogens (tertiary/aromatic N) is 2. The topological polar surface area (TPSA) is 110 Å². The third kappa shape index (κ3) is 4.60. The van der Waals surface area contributed by atoms with Crippen molar-refractivity contribution in [2.24, 2.45) is 5.73 Å². The molecular formula is C11H12F3N3O4. The van der Waals surface area contributed by atoms with Crippen molar-refractivity contribution in [3.8, 4) is 0 Å². The van der Waals surface area contributed by atoms with Crippen molar-refractivity contribution in [1.29, 1.82) is 0 Å². The lowest BCUT2D eigenvalue weighted by Gasteiger charge is -2.24. The van der Waals surface area contributed by atoms with Gasteiger partial charge in [-0.05, 0) is 12.1 Å². The number of rotatable bonds is 6. The molecule has 0 radical (unpaired) electrons. The lowest BCUT2D eigenvalue weighted by Crippen LogP contribution is -2.36. The summed E-state index contributed by atoms with van der Waals surface area (Å²) in [6, 6.07) is 2.89. The molecule has 116 valence electrons. The Morgan fingerprint density at radius 3 is 2.48 bits per heavy atom. The van der Waals surface area contributed by atoms with Gasteiger partial charge in [0.15, 0.2) is 0 Å². The number of benzene rings is 1. The van der Waals surface area contributed by atoms with Crippen LogP contribution in [0, 0.1) is 10.1 Å². The van der Waals surface area contributed by atoms with Crippen molar-refractivity contribution in [3.63, 3.8) is 0 Å². The Balaban J connectivity index is 3.29. The summed E-state index contributed by atoms with van der Waals surface area (Å²) in [6.07, 6.45) is -4.61. The first-order chi connectivity index (χ1) is 9.65. The number of aliphatic hydroxyl groups excluding tert-OH is 1. The van der Waals surface area contributed by atoms with Crippen LogP contribution in [0.4, 0.5) is 24.5 Å². The average Bonchev–Trinajstić information content (AvgIpc) is 2.35. The van der Waals surface area contributed by atoms with Gasteiger partial charge in [0.05, 0.1) is 11.5 Å². The molecule has 1 amide bonds. The highest BCUT2D eigenvalue weighted by molar-refractivity contribution is 5.94. The molecule has 0 fully saturated rings. The number of halogens is 3. The van der Waals surface area contributed by atoms with Crippen LogP contribution >= 0.6 is 0 Å². The summed E-state index contributed by atoms with van der Waals surface area (Å²) in [5, 5.41) is 19.8. The van der Waals surface area contributed by atoms with Gasteiger partial charge in [-0.15, -0.1) is 0 Å². The van der Waals surface area contributed by atoms with Gasteiger partial charge >= 0.3 is 6.18 Å². The predicted octanol–water partition coefficient (Wildman–Crippen LogP) is 1.05. The number of nitrogens with two attached hydrogens (primary N) is 1. The van der Waals surface area contributed by atoms with Crippen molar-refractivity contribution < 1.29 is 28.0 Å². The van der Waals surface area contributed by atoms with E-state index < -0.39 is 42.4 Å². The maximum atomic E-state index is 12.5. The maximum absolute atomic E-state index is 12.5. The monoisotopic (exact) mass is 307 g/mol. The largest absolute Gasteiger partial charge is 0.405 e. The van der Waals surface area contributed by atoms with Crippen molar-refractivity contribution in [1.82, 2.24) is 0 Å². The summed E-state index contributed by atoms with van der Waals surface area (Å²) in [7, 11) is 0. The standard InChI is InChI=1S/C11H12F3N3O4/c12-11(13,14)6-16(3-4-18)8-2-1-7(10(15)19)5-9(8)17(20)21/h1-2,5,18H,3-4,6H2,(H2,15,19). The summed E-state index contributed by atoms with van der Waals surface area (Å²) in [5.74, 6) is -0.936. The number of hydrogen-bond acceptors (Lipinski definition) is 5. The van der Waals surface area contributed by atoms with Crippen molar-refractivity contribution in [2.45, 2.75) is 6.18 Å². The fourth-order valence-corrected chi connectivity index (χ4v) is 1.71. The molecular weight excluding hydrogens is 295 g/mol. The molecule has 0 aliphatic carbocycles. The van der Waals surface area contributed by atoms with E-state index >= 15 is 0 Å². The van der Waals surface area contributed by atoms with Crippen molar-refractivity contribution in [2.75, 3.05) is 24.6 Å². The molecule has 0 saturated carbocycles. The first-order valence-electron chi connectivity index (χ1n) is 5.66. The second-order valence-corrected chi connectivity index (χ2v) is 4.09. The highest BCUT2D eigenvalue weighted by Crippen LogP contribution is 2.31. The molecule has 3 N–H and O–H groups in total. The smallest absolute Gasteiger partial charge is 0.395 e. The molecule has 10 heteroatoms. The van der Waals surface area contributed by atoms with E-state index in [1.54, 1.807) is 0 Å². The van der Waals surface area contributed by atoms with Crippen LogP contribution < -0.4 is 10.6 Å².